The topological polar surface area (TPSA) is 85.1 Å². The van der Waals surface area contributed by atoms with Gasteiger partial charge in [0, 0.05) is 22.8 Å². The summed E-state index contributed by atoms with van der Waals surface area (Å²) in [6, 6.07) is 20.6. The molecular formula is C25H21N3O3S. The number of benzene rings is 3. The van der Waals surface area contributed by atoms with Crippen molar-refractivity contribution in [2.24, 2.45) is 0 Å². The summed E-state index contributed by atoms with van der Waals surface area (Å²) in [6.45, 7) is 5.68. The predicted molar refractivity (Wildman–Crippen MR) is 128 cm³/mol. The Morgan fingerprint density at radius 2 is 1.50 bits per heavy atom. The van der Waals surface area contributed by atoms with Gasteiger partial charge in [0.15, 0.2) is 5.13 Å². The first-order chi connectivity index (χ1) is 15.3. The van der Waals surface area contributed by atoms with Crippen LogP contribution in [-0.2, 0) is 0 Å². The fourth-order valence-corrected chi connectivity index (χ4v) is 4.34. The van der Waals surface area contributed by atoms with Gasteiger partial charge in [0.25, 0.3) is 11.6 Å². The summed E-state index contributed by atoms with van der Waals surface area (Å²) in [7, 11) is 0. The van der Waals surface area contributed by atoms with Crippen LogP contribution in [0, 0.1) is 30.9 Å². The van der Waals surface area contributed by atoms with Crippen LogP contribution < -0.4 is 5.32 Å². The highest BCUT2D eigenvalue weighted by atomic mass is 32.1. The monoisotopic (exact) mass is 443 g/mol. The fourth-order valence-electron chi connectivity index (χ4n) is 3.35. The van der Waals surface area contributed by atoms with Crippen LogP contribution in [0.2, 0.25) is 0 Å². The number of anilines is 1. The van der Waals surface area contributed by atoms with E-state index in [1.807, 2.05) is 62.4 Å². The lowest BCUT2D eigenvalue weighted by Gasteiger charge is -2.04. The summed E-state index contributed by atoms with van der Waals surface area (Å²) < 4.78 is 0. The zero-order valence-corrected chi connectivity index (χ0v) is 18.7. The first-order valence-electron chi connectivity index (χ1n) is 10.0. The number of nitrogens with zero attached hydrogens (tertiary/aromatic N) is 2. The number of aromatic nitrogens is 1. The number of carbonyl (C=O) groups excluding carboxylic acids is 1. The molecule has 0 aliphatic carbocycles. The number of nitro groups is 1. The van der Waals surface area contributed by atoms with Crippen LogP contribution in [0.4, 0.5) is 10.8 Å². The Morgan fingerprint density at radius 3 is 2.06 bits per heavy atom. The van der Waals surface area contributed by atoms with Gasteiger partial charge in [-0.15, -0.1) is 0 Å². The number of nitrogens with one attached hydrogen (secondary N) is 1. The van der Waals surface area contributed by atoms with E-state index in [0.717, 1.165) is 32.8 Å². The molecule has 1 aromatic heterocycles. The molecule has 0 saturated heterocycles. The normalized spacial score (nSPS) is 10.7. The lowest BCUT2D eigenvalue weighted by Crippen LogP contribution is -2.12. The van der Waals surface area contributed by atoms with Gasteiger partial charge in [-0.2, -0.15) is 0 Å². The van der Waals surface area contributed by atoms with E-state index in [9.17, 15) is 14.9 Å². The van der Waals surface area contributed by atoms with Gasteiger partial charge in [-0.25, -0.2) is 4.98 Å². The molecule has 4 aromatic rings. The number of carbonyl (C=O) groups is 1. The van der Waals surface area contributed by atoms with Crippen molar-refractivity contribution in [1.82, 2.24) is 4.98 Å². The molecule has 7 heteroatoms. The Kier molecular flexibility index (Phi) is 5.83. The van der Waals surface area contributed by atoms with Crippen molar-refractivity contribution in [2.75, 3.05) is 5.32 Å². The Labute approximate surface area is 189 Å². The number of thiazole rings is 1. The van der Waals surface area contributed by atoms with E-state index < -0.39 is 4.92 Å². The van der Waals surface area contributed by atoms with Crippen molar-refractivity contribution < 1.29 is 9.72 Å². The minimum Gasteiger partial charge on any atom is -0.298 e. The number of nitro benzene ring substituents is 1. The van der Waals surface area contributed by atoms with E-state index >= 15 is 0 Å². The quantitative estimate of drug-likeness (QED) is 0.279. The average Bonchev–Trinajstić information content (AvgIpc) is 3.18. The lowest BCUT2D eigenvalue weighted by atomic mass is 10.0. The molecule has 0 unspecified atom stereocenters. The van der Waals surface area contributed by atoms with Crippen LogP contribution >= 0.6 is 11.3 Å². The van der Waals surface area contributed by atoms with Crippen molar-refractivity contribution in [2.45, 2.75) is 20.8 Å². The molecule has 0 spiro atoms. The minimum atomic E-state index is -0.459. The van der Waals surface area contributed by atoms with E-state index in [4.69, 9.17) is 4.98 Å². The van der Waals surface area contributed by atoms with Crippen molar-refractivity contribution in [3.63, 3.8) is 0 Å². The maximum atomic E-state index is 12.8. The SMILES string of the molecule is Cc1ccc(-c2nc(NC(=O)c3ccc([N+](=O)[O-])c(C)c3)sc2-c2ccc(C)cc2)cc1. The number of amides is 1. The van der Waals surface area contributed by atoms with Crippen molar-refractivity contribution in [1.29, 1.82) is 0 Å². The van der Waals surface area contributed by atoms with Crippen molar-refractivity contribution in [3.8, 4) is 21.7 Å². The van der Waals surface area contributed by atoms with Gasteiger partial charge in [0.1, 0.15) is 0 Å². The van der Waals surface area contributed by atoms with E-state index in [2.05, 4.69) is 5.32 Å². The third-order valence-corrected chi connectivity index (χ3v) is 6.16. The predicted octanol–water partition coefficient (Wildman–Crippen LogP) is 6.56. The molecule has 0 fully saturated rings. The molecule has 3 aromatic carbocycles. The fraction of sp³-hybridized carbons (Fsp3) is 0.120. The standard InChI is InChI=1S/C25H21N3O3S/c1-15-4-8-18(9-5-15)22-23(19-10-6-16(2)7-11-19)32-25(26-22)27-24(29)20-12-13-21(28(30)31)17(3)14-20/h4-14H,1-3H3,(H,26,27,29). The summed E-state index contributed by atoms with van der Waals surface area (Å²) in [4.78, 5) is 29.1. The average molecular weight is 444 g/mol. The van der Waals surface area contributed by atoms with Crippen LogP contribution in [0.5, 0.6) is 0 Å². The van der Waals surface area contributed by atoms with E-state index in [1.54, 1.807) is 6.92 Å². The highest BCUT2D eigenvalue weighted by molar-refractivity contribution is 7.19. The largest absolute Gasteiger partial charge is 0.298 e. The second-order valence-electron chi connectivity index (χ2n) is 7.64. The van der Waals surface area contributed by atoms with E-state index in [0.29, 0.717) is 16.3 Å². The maximum absolute atomic E-state index is 12.8. The Balaban J connectivity index is 1.70. The summed E-state index contributed by atoms with van der Waals surface area (Å²) in [5.41, 5.74) is 5.87. The second kappa shape index (κ2) is 8.72. The summed E-state index contributed by atoms with van der Waals surface area (Å²) in [5.74, 6) is -0.359. The van der Waals surface area contributed by atoms with Gasteiger partial charge in [-0.1, -0.05) is 71.0 Å². The Morgan fingerprint density at radius 1 is 0.906 bits per heavy atom. The molecule has 0 atom stereocenters. The zero-order valence-electron chi connectivity index (χ0n) is 17.9. The Hall–Kier alpha value is -3.84. The maximum Gasteiger partial charge on any atom is 0.272 e. The van der Waals surface area contributed by atoms with Gasteiger partial charge in [0.05, 0.1) is 15.5 Å². The molecular weight excluding hydrogens is 422 g/mol. The molecule has 0 radical (unpaired) electrons. The molecule has 0 aliphatic heterocycles. The number of rotatable bonds is 5. The highest BCUT2D eigenvalue weighted by Crippen LogP contribution is 2.39. The summed E-state index contributed by atoms with van der Waals surface area (Å²) in [5, 5.41) is 14.4. The van der Waals surface area contributed by atoms with Crippen LogP contribution in [0.15, 0.2) is 66.7 Å². The molecule has 0 bridgehead atoms. The minimum absolute atomic E-state index is 0.0147. The summed E-state index contributed by atoms with van der Waals surface area (Å²) >= 11 is 1.40. The molecule has 0 saturated carbocycles. The molecule has 4 rings (SSSR count). The van der Waals surface area contributed by atoms with Crippen LogP contribution in [-0.4, -0.2) is 15.8 Å². The lowest BCUT2D eigenvalue weighted by molar-refractivity contribution is -0.385. The second-order valence-corrected chi connectivity index (χ2v) is 8.64. The molecule has 1 N–H and O–H groups in total. The van der Waals surface area contributed by atoms with Gasteiger partial charge in [-0.05, 0) is 38.5 Å². The Bertz CT molecular complexity index is 1250. The highest BCUT2D eigenvalue weighted by Gasteiger charge is 2.18. The van der Waals surface area contributed by atoms with E-state index in [1.165, 1.54) is 29.5 Å². The van der Waals surface area contributed by atoms with Crippen molar-refractivity contribution >= 4 is 28.1 Å². The van der Waals surface area contributed by atoms with Crippen LogP contribution in [0.1, 0.15) is 27.0 Å². The number of hydrogen-bond acceptors (Lipinski definition) is 5. The molecule has 160 valence electrons. The zero-order chi connectivity index (χ0) is 22.8. The molecule has 0 aliphatic rings. The van der Waals surface area contributed by atoms with Gasteiger partial charge in [-0.3, -0.25) is 20.2 Å². The van der Waals surface area contributed by atoms with Crippen LogP contribution in [0.3, 0.4) is 0 Å². The van der Waals surface area contributed by atoms with Gasteiger partial charge >= 0.3 is 0 Å². The molecule has 1 amide bonds. The molecule has 32 heavy (non-hydrogen) atoms. The smallest absolute Gasteiger partial charge is 0.272 e. The van der Waals surface area contributed by atoms with E-state index in [-0.39, 0.29) is 11.6 Å². The van der Waals surface area contributed by atoms with Crippen molar-refractivity contribution in [3.05, 3.63) is 99.1 Å². The molecule has 1 heterocycles. The third-order valence-electron chi connectivity index (χ3n) is 5.14. The summed E-state index contributed by atoms with van der Waals surface area (Å²) in [6.07, 6.45) is 0. The van der Waals surface area contributed by atoms with Gasteiger partial charge in [0.2, 0.25) is 0 Å². The third kappa shape index (κ3) is 4.43. The first-order valence-corrected chi connectivity index (χ1v) is 10.8. The number of aryl methyl sites for hydroxylation is 3. The van der Waals surface area contributed by atoms with Gasteiger partial charge < -0.3 is 0 Å². The molecule has 6 nitrogen and oxygen atoms in total. The number of hydrogen-bond donors (Lipinski definition) is 1. The van der Waals surface area contributed by atoms with Crippen LogP contribution in [0.25, 0.3) is 21.7 Å². The first kappa shape index (κ1) is 21.4.